The van der Waals surface area contributed by atoms with Crippen molar-refractivity contribution in [1.82, 2.24) is 9.88 Å². The highest BCUT2D eigenvalue weighted by molar-refractivity contribution is 7.09. The Kier molecular flexibility index (Phi) is 4.65. The Morgan fingerprint density at radius 1 is 1.60 bits per heavy atom. The zero-order valence-electron chi connectivity index (χ0n) is 12.2. The van der Waals surface area contributed by atoms with Crippen molar-refractivity contribution in [3.63, 3.8) is 0 Å². The van der Waals surface area contributed by atoms with Gasteiger partial charge in [0.1, 0.15) is 5.60 Å². The third-order valence-electron chi connectivity index (χ3n) is 3.27. The van der Waals surface area contributed by atoms with Crippen LogP contribution in [0.2, 0.25) is 0 Å². The molecule has 1 amide bonds. The van der Waals surface area contributed by atoms with E-state index in [9.17, 15) is 9.90 Å². The maximum Gasteiger partial charge on any atom is 0.410 e. The topological polar surface area (TPSA) is 62.7 Å². The van der Waals surface area contributed by atoms with Crippen molar-refractivity contribution in [3.8, 4) is 0 Å². The molecule has 0 bridgehead atoms. The van der Waals surface area contributed by atoms with Crippen LogP contribution in [0.15, 0.2) is 11.6 Å². The number of aliphatic hydroxyl groups excluding tert-OH is 1. The highest BCUT2D eigenvalue weighted by Gasteiger charge is 2.32. The molecule has 0 aromatic carbocycles. The molecule has 2 heterocycles. The number of nitrogens with zero attached hydrogens (tertiary/aromatic N) is 2. The fourth-order valence-corrected chi connectivity index (χ4v) is 3.00. The van der Waals surface area contributed by atoms with Crippen LogP contribution in [0.1, 0.15) is 32.2 Å². The molecule has 1 aromatic heterocycles. The Bertz CT molecular complexity index is 442. The molecule has 1 aliphatic rings. The number of amides is 1. The summed E-state index contributed by atoms with van der Waals surface area (Å²) in [5.74, 6) is 0.0300. The number of aromatic nitrogens is 1. The Labute approximate surface area is 123 Å². The molecular weight excluding hydrogens is 276 g/mol. The van der Waals surface area contributed by atoms with Crippen LogP contribution in [0.5, 0.6) is 0 Å². The maximum atomic E-state index is 12.1. The van der Waals surface area contributed by atoms with Crippen molar-refractivity contribution in [2.45, 2.75) is 45.3 Å². The van der Waals surface area contributed by atoms with Gasteiger partial charge in [-0.05, 0) is 27.2 Å². The second-order valence-corrected chi connectivity index (χ2v) is 7.15. The highest BCUT2D eigenvalue weighted by atomic mass is 32.1. The van der Waals surface area contributed by atoms with Gasteiger partial charge in [-0.2, -0.15) is 0 Å². The zero-order valence-corrected chi connectivity index (χ0v) is 13.0. The first-order valence-corrected chi connectivity index (χ1v) is 7.77. The standard InChI is InChI=1S/C14H22N2O3S/c1-14(2,3)19-13(18)16-6-4-11(17)10(9-16)8-12-15-5-7-20-12/h5,7,10-11,17H,4,6,8-9H2,1-3H3. The van der Waals surface area contributed by atoms with Crippen molar-refractivity contribution >= 4 is 17.4 Å². The summed E-state index contributed by atoms with van der Waals surface area (Å²) in [4.78, 5) is 18.0. The van der Waals surface area contributed by atoms with Gasteiger partial charge in [-0.25, -0.2) is 9.78 Å². The summed E-state index contributed by atoms with van der Waals surface area (Å²) in [6.07, 6.45) is 2.39. The van der Waals surface area contributed by atoms with E-state index in [-0.39, 0.29) is 18.1 Å². The molecule has 2 rings (SSSR count). The van der Waals surface area contributed by atoms with Crippen molar-refractivity contribution in [3.05, 3.63) is 16.6 Å². The fraction of sp³-hybridized carbons (Fsp3) is 0.714. The number of carbonyl (C=O) groups is 1. The molecule has 0 aliphatic carbocycles. The second kappa shape index (κ2) is 6.10. The molecule has 0 spiro atoms. The van der Waals surface area contributed by atoms with Gasteiger partial charge in [-0.1, -0.05) is 0 Å². The number of hydrogen-bond donors (Lipinski definition) is 1. The van der Waals surface area contributed by atoms with E-state index in [1.54, 1.807) is 22.4 Å². The molecule has 0 radical (unpaired) electrons. The average Bonchev–Trinajstić information content (AvgIpc) is 2.82. The summed E-state index contributed by atoms with van der Waals surface area (Å²) in [5, 5.41) is 13.0. The van der Waals surface area contributed by atoms with Crippen LogP contribution in [0.3, 0.4) is 0 Å². The molecule has 2 unspecified atom stereocenters. The Hall–Kier alpha value is -1.14. The van der Waals surface area contributed by atoms with Gasteiger partial charge < -0.3 is 14.7 Å². The Morgan fingerprint density at radius 3 is 2.95 bits per heavy atom. The van der Waals surface area contributed by atoms with E-state index >= 15 is 0 Å². The molecule has 1 aliphatic heterocycles. The predicted octanol–water partition coefficient (Wildman–Crippen LogP) is 2.30. The summed E-state index contributed by atoms with van der Waals surface area (Å²) in [5.41, 5.74) is -0.488. The Morgan fingerprint density at radius 2 is 2.35 bits per heavy atom. The normalized spacial score (nSPS) is 23.7. The van der Waals surface area contributed by atoms with E-state index < -0.39 is 5.60 Å². The van der Waals surface area contributed by atoms with Crippen LogP contribution in [-0.4, -0.2) is 45.9 Å². The number of likely N-dealkylation sites (tertiary alicyclic amines) is 1. The van der Waals surface area contributed by atoms with Gasteiger partial charge in [0.15, 0.2) is 0 Å². The minimum atomic E-state index is -0.488. The van der Waals surface area contributed by atoms with Crippen LogP contribution in [0, 0.1) is 5.92 Å². The van der Waals surface area contributed by atoms with Crippen molar-refractivity contribution in [2.75, 3.05) is 13.1 Å². The molecule has 0 saturated carbocycles. The lowest BCUT2D eigenvalue weighted by Crippen LogP contribution is -2.48. The van der Waals surface area contributed by atoms with Crippen LogP contribution >= 0.6 is 11.3 Å². The number of aliphatic hydroxyl groups is 1. The average molecular weight is 298 g/mol. The molecular formula is C14H22N2O3S. The molecule has 5 nitrogen and oxygen atoms in total. The largest absolute Gasteiger partial charge is 0.444 e. The molecule has 112 valence electrons. The zero-order chi connectivity index (χ0) is 14.8. The molecule has 1 aromatic rings. The van der Waals surface area contributed by atoms with Gasteiger partial charge in [0.2, 0.25) is 0 Å². The summed E-state index contributed by atoms with van der Waals surface area (Å²) >= 11 is 1.58. The summed E-state index contributed by atoms with van der Waals surface area (Å²) in [7, 11) is 0. The molecule has 2 atom stereocenters. The summed E-state index contributed by atoms with van der Waals surface area (Å²) < 4.78 is 5.39. The lowest BCUT2D eigenvalue weighted by molar-refractivity contribution is -0.00824. The second-order valence-electron chi connectivity index (χ2n) is 6.17. The van der Waals surface area contributed by atoms with Crippen molar-refractivity contribution < 1.29 is 14.6 Å². The molecule has 1 saturated heterocycles. The lowest BCUT2D eigenvalue weighted by Gasteiger charge is -2.36. The number of rotatable bonds is 2. The molecule has 1 N–H and O–H groups in total. The number of piperidine rings is 1. The Balaban J connectivity index is 1.95. The SMILES string of the molecule is CC(C)(C)OC(=O)N1CCC(O)C(Cc2nccs2)C1. The van der Waals surface area contributed by atoms with Crippen LogP contribution in [0.4, 0.5) is 4.79 Å². The smallest absolute Gasteiger partial charge is 0.410 e. The fourth-order valence-electron chi connectivity index (χ4n) is 2.29. The summed E-state index contributed by atoms with van der Waals surface area (Å²) in [6, 6.07) is 0. The van der Waals surface area contributed by atoms with Gasteiger partial charge in [0.05, 0.1) is 11.1 Å². The van der Waals surface area contributed by atoms with Crippen molar-refractivity contribution in [1.29, 1.82) is 0 Å². The molecule has 20 heavy (non-hydrogen) atoms. The predicted molar refractivity (Wildman–Crippen MR) is 77.7 cm³/mol. The van der Waals surface area contributed by atoms with Crippen LogP contribution in [0.25, 0.3) is 0 Å². The highest BCUT2D eigenvalue weighted by Crippen LogP contribution is 2.23. The summed E-state index contributed by atoms with van der Waals surface area (Å²) in [6.45, 7) is 6.64. The maximum absolute atomic E-state index is 12.1. The van der Waals surface area contributed by atoms with Gasteiger partial charge in [-0.3, -0.25) is 0 Å². The first-order chi connectivity index (χ1) is 9.35. The first kappa shape index (κ1) is 15.3. The van der Waals surface area contributed by atoms with Crippen molar-refractivity contribution in [2.24, 2.45) is 5.92 Å². The molecule has 6 heteroatoms. The minimum absolute atomic E-state index is 0.0300. The monoisotopic (exact) mass is 298 g/mol. The third-order valence-corrected chi connectivity index (χ3v) is 4.07. The van der Waals surface area contributed by atoms with Crippen LogP contribution < -0.4 is 0 Å². The quantitative estimate of drug-likeness (QED) is 0.910. The van der Waals surface area contributed by atoms with Gasteiger partial charge in [0, 0.05) is 37.0 Å². The van der Waals surface area contributed by atoms with E-state index in [2.05, 4.69) is 4.98 Å². The van der Waals surface area contributed by atoms with Crippen LogP contribution in [-0.2, 0) is 11.2 Å². The van der Waals surface area contributed by atoms with Gasteiger partial charge >= 0.3 is 6.09 Å². The van der Waals surface area contributed by atoms with E-state index in [1.807, 2.05) is 26.2 Å². The van der Waals surface area contributed by atoms with E-state index in [4.69, 9.17) is 4.74 Å². The first-order valence-electron chi connectivity index (χ1n) is 6.89. The van der Waals surface area contributed by atoms with E-state index in [1.165, 1.54) is 0 Å². The van der Waals surface area contributed by atoms with Gasteiger partial charge in [0.25, 0.3) is 0 Å². The number of carbonyl (C=O) groups excluding carboxylic acids is 1. The number of ether oxygens (including phenoxy) is 1. The minimum Gasteiger partial charge on any atom is -0.444 e. The number of thiazole rings is 1. The van der Waals surface area contributed by atoms with E-state index in [0.717, 1.165) is 5.01 Å². The third kappa shape index (κ3) is 4.18. The number of hydrogen-bond acceptors (Lipinski definition) is 5. The van der Waals surface area contributed by atoms with E-state index in [0.29, 0.717) is 25.9 Å². The molecule has 1 fully saturated rings. The van der Waals surface area contributed by atoms with Gasteiger partial charge in [-0.15, -0.1) is 11.3 Å². The lowest BCUT2D eigenvalue weighted by atomic mass is 9.92.